The Bertz CT molecular complexity index is 1290. The predicted octanol–water partition coefficient (Wildman–Crippen LogP) is 5.67. The standard InChI is InChI=1S/C24H24N3S/c1-14-10-15(2)16(3)17(11-14)22-23-21(26-13-27(22)6)20-18(24(4,5)12-25)8-7-9-19(20)28-23/h7-11,13H,1-6H3/q+1. The van der Waals surface area contributed by atoms with E-state index in [1.54, 1.807) is 11.3 Å². The summed E-state index contributed by atoms with van der Waals surface area (Å²) in [5.74, 6) is 0. The van der Waals surface area contributed by atoms with Crippen LogP contribution in [0.5, 0.6) is 0 Å². The zero-order valence-corrected chi connectivity index (χ0v) is 18.0. The number of hydrogen-bond acceptors (Lipinski definition) is 3. The number of aryl methyl sites for hydroxylation is 3. The van der Waals surface area contributed by atoms with E-state index in [0.717, 1.165) is 16.5 Å². The van der Waals surface area contributed by atoms with E-state index in [0.29, 0.717) is 0 Å². The smallest absolute Gasteiger partial charge is 0.231 e. The molecule has 0 N–H and O–H groups in total. The van der Waals surface area contributed by atoms with Crippen LogP contribution in [0.2, 0.25) is 0 Å². The van der Waals surface area contributed by atoms with Gasteiger partial charge in [0.05, 0.1) is 18.5 Å². The van der Waals surface area contributed by atoms with E-state index >= 15 is 0 Å². The van der Waals surface area contributed by atoms with Gasteiger partial charge in [-0.05, 0) is 68.4 Å². The second kappa shape index (κ2) is 6.39. The normalized spacial score (nSPS) is 11.9. The van der Waals surface area contributed by atoms with E-state index in [-0.39, 0.29) is 0 Å². The van der Waals surface area contributed by atoms with Gasteiger partial charge in [-0.15, -0.1) is 11.3 Å². The van der Waals surface area contributed by atoms with Gasteiger partial charge in [-0.25, -0.2) is 4.57 Å². The van der Waals surface area contributed by atoms with Crippen molar-refractivity contribution < 1.29 is 4.57 Å². The van der Waals surface area contributed by atoms with Crippen LogP contribution >= 0.6 is 11.3 Å². The van der Waals surface area contributed by atoms with Gasteiger partial charge in [0.2, 0.25) is 5.52 Å². The molecule has 0 saturated carbocycles. The average Bonchev–Trinajstić information content (AvgIpc) is 3.03. The minimum absolute atomic E-state index is 0.566. The second-order valence-corrected chi connectivity index (χ2v) is 9.21. The van der Waals surface area contributed by atoms with Crippen LogP contribution in [-0.4, -0.2) is 4.98 Å². The van der Waals surface area contributed by atoms with E-state index in [1.807, 2.05) is 26.2 Å². The number of benzene rings is 2. The molecule has 4 aromatic rings. The van der Waals surface area contributed by atoms with Gasteiger partial charge in [0.1, 0.15) is 4.70 Å². The minimum atomic E-state index is -0.566. The summed E-state index contributed by atoms with van der Waals surface area (Å²) in [7, 11) is 2.06. The molecule has 2 aromatic heterocycles. The van der Waals surface area contributed by atoms with E-state index in [1.165, 1.54) is 37.3 Å². The number of thiophene rings is 1. The Kier molecular flexibility index (Phi) is 4.24. The van der Waals surface area contributed by atoms with Gasteiger partial charge in [-0.3, -0.25) is 0 Å². The number of hydrogen-bond donors (Lipinski definition) is 0. The molecule has 0 fully saturated rings. The van der Waals surface area contributed by atoms with Gasteiger partial charge in [-0.1, -0.05) is 23.8 Å². The minimum Gasteiger partial charge on any atom is -0.231 e. The third kappa shape index (κ3) is 2.70. The first kappa shape index (κ1) is 18.6. The molecule has 0 radical (unpaired) electrons. The largest absolute Gasteiger partial charge is 0.287 e. The Balaban J connectivity index is 2.17. The van der Waals surface area contributed by atoms with Crippen LogP contribution in [0.3, 0.4) is 0 Å². The fourth-order valence-electron chi connectivity index (χ4n) is 3.96. The molecule has 28 heavy (non-hydrogen) atoms. The van der Waals surface area contributed by atoms with Crippen molar-refractivity contribution >= 4 is 31.6 Å². The van der Waals surface area contributed by atoms with E-state index in [4.69, 9.17) is 4.98 Å². The topological polar surface area (TPSA) is 40.6 Å². The van der Waals surface area contributed by atoms with Crippen LogP contribution in [-0.2, 0) is 12.5 Å². The fraction of sp³-hybridized carbons (Fsp3) is 0.292. The molecule has 2 aromatic carbocycles. The summed E-state index contributed by atoms with van der Waals surface area (Å²) in [5.41, 5.74) is 7.76. The molecule has 0 aliphatic rings. The molecule has 0 saturated heterocycles. The Morgan fingerprint density at radius 1 is 1.14 bits per heavy atom. The summed E-state index contributed by atoms with van der Waals surface area (Å²) in [5, 5.41) is 10.8. The SMILES string of the molecule is Cc1cc(C)c(C)c(-c2c3sc4cccc(C(C)(C)C#N)c4c3nc[n+]2C)c1. The van der Waals surface area contributed by atoms with Gasteiger partial charge in [0, 0.05) is 15.6 Å². The maximum atomic E-state index is 9.72. The van der Waals surface area contributed by atoms with Crippen LogP contribution in [0.25, 0.3) is 31.6 Å². The summed E-state index contributed by atoms with van der Waals surface area (Å²) in [6.45, 7) is 10.5. The van der Waals surface area contributed by atoms with Gasteiger partial charge in [-0.2, -0.15) is 5.26 Å². The molecular formula is C24H24N3S+. The number of rotatable bonds is 2. The quantitative estimate of drug-likeness (QED) is 0.417. The molecule has 0 spiro atoms. The Labute approximate surface area is 169 Å². The zero-order valence-electron chi connectivity index (χ0n) is 17.2. The lowest BCUT2D eigenvalue weighted by atomic mass is 9.84. The first-order valence-corrected chi connectivity index (χ1v) is 10.3. The molecule has 0 aliphatic carbocycles. The first-order chi connectivity index (χ1) is 13.2. The molecule has 0 amide bonds. The first-order valence-electron chi connectivity index (χ1n) is 9.44. The molecular weight excluding hydrogens is 362 g/mol. The Morgan fingerprint density at radius 3 is 2.61 bits per heavy atom. The van der Waals surface area contributed by atoms with Crippen LogP contribution in [0, 0.1) is 32.1 Å². The third-order valence-electron chi connectivity index (χ3n) is 5.64. The molecule has 0 unspecified atom stereocenters. The molecule has 0 bridgehead atoms. The number of nitrogens with zero attached hydrogens (tertiary/aromatic N) is 3. The second-order valence-electron chi connectivity index (χ2n) is 8.15. The predicted molar refractivity (Wildman–Crippen MR) is 117 cm³/mol. The van der Waals surface area contributed by atoms with Crippen molar-refractivity contribution in [1.82, 2.24) is 4.98 Å². The monoisotopic (exact) mass is 386 g/mol. The van der Waals surface area contributed by atoms with Crippen molar-refractivity contribution in [2.45, 2.75) is 40.0 Å². The van der Waals surface area contributed by atoms with E-state index < -0.39 is 5.41 Å². The van der Waals surface area contributed by atoms with Gasteiger partial charge < -0.3 is 0 Å². The van der Waals surface area contributed by atoms with Gasteiger partial charge >= 0.3 is 0 Å². The van der Waals surface area contributed by atoms with Gasteiger partial charge in [0.25, 0.3) is 6.33 Å². The lowest BCUT2D eigenvalue weighted by Crippen LogP contribution is -2.31. The highest BCUT2D eigenvalue weighted by Crippen LogP contribution is 2.42. The van der Waals surface area contributed by atoms with E-state index in [9.17, 15) is 5.26 Å². The highest BCUT2D eigenvalue weighted by molar-refractivity contribution is 7.26. The Morgan fingerprint density at radius 2 is 1.89 bits per heavy atom. The maximum absolute atomic E-state index is 9.72. The summed E-state index contributed by atoms with van der Waals surface area (Å²) >= 11 is 1.77. The van der Waals surface area contributed by atoms with Crippen molar-refractivity contribution in [2.75, 3.05) is 0 Å². The summed E-state index contributed by atoms with van der Waals surface area (Å²) in [4.78, 5) is 4.80. The van der Waals surface area contributed by atoms with Crippen LogP contribution in [0.15, 0.2) is 36.7 Å². The molecule has 3 nitrogen and oxygen atoms in total. The van der Waals surface area contributed by atoms with Crippen LogP contribution in [0.4, 0.5) is 0 Å². The molecule has 4 heteroatoms. The van der Waals surface area contributed by atoms with Crippen molar-refractivity contribution in [3.63, 3.8) is 0 Å². The summed E-state index contributed by atoms with van der Waals surface area (Å²) in [6.07, 6.45) is 1.90. The van der Waals surface area contributed by atoms with Crippen molar-refractivity contribution in [3.8, 4) is 17.3 Å². The van der Waals surface area contributed by atoms with Crippen LogP contribution < -0.4 is 4.57 Å². The highest BCUT2D eigenvalue weighted by atomic mass is 32.1. The number of aromatic nitrogens is 2. The van der Waals surface area contributed by atoms with Crippen molar-refractivity contribution in [2.24, 2.45) is 7.05 Å². The molecule has 4 rings (SSSR count). The highest BCUT2D eigenvalue weighted by Gasteiger charge is 2.28. The lowest BCUT2D eigenvalue weighted by molar-refractivity contribution is -0.662. The molecule has 140 valence electrons. The van der Waals surface area contributed by atoms with Crippen LogP contribution in [0.1, 0.15) is 36.1 Å². The van der Waals surface area contributed by atoms with Gasteiger partial charge in [0.15, 0.2) is 5.69 Å². The van der Waals surface area contributed by atoms with Crippen molar-refractivity contribution in [1.29, 1.82) is 5.26 Å². The average molecular weight is 387 g/mol. The summed E-state index contributed by atoms with van der Waals surface area (Å²) in [6, 6.07) is 13.2. The Hall–Kier alpha value is -2.77. The maximum Gasteiger partial charge on any atom is 0.287 e. The summed E-state index contributed by atoms with van der Waals surface area (Å²) < 4.78 is 4.47. The molecule has 2 heterocycles. The van der Waals surface area contributed by atoms with E-state index in [2.05, 4.69) is 62.7 Å². The third-order valence-corrected chi connectivity index (χ3v) is 6.79. The number of nitriles is 1. The number of fused-ring (bicyclic) bond motifs is 3. The lowest BCUT2D eigenvalue weighted by Gasteiger charge is -2.16. The fourth-order valence-corrected chi connectivity index (χ4v) is 5.23. The zero-order chi connectivity index (χ0) is 20.2. The molecule has 0 aliphatic heterocycles. The molecule has 0 atom stereocenters. The van der Waals surface area contributed by atoms with Crippen molar-refractivity contribution in [3.05, 3.63) is 58.9 Å².